The highest BCUT2D eigenvalue weighted by atomic mass is 16.5. The minimum absolute atomic E-state index is 0.221. The van der Waals surface area contributed by atoms with Crippen LogP contribution in [-0.4, -0.2) is 37.7 Å². The van der Waals surface area contributed by atoms with Crippen LogP contribution in [0.4, 0.5) is 17.5 Å². The van der Waals surface area contributed by atoms with Gasteiger partial charge in [-0.1, -0.05) is 35.5 Å². The maximum Gasteiger partial charge on any atom is 0.248 e. The fourth-order valence-corrected chi connectivity index (χ4v) is 2.96. The maximum absolute atomic E-state index is 11.3. The van der Waals surface area contributed by atoms with Gasteiger partial charge in [0.1, 0.15) is 5.82 Å². The molecule has 0 radical (unpaired) electrons. The van der Waals surface area contributed by atoms with E-state index in [-0.39, 0.29) is 12.4 Å². The van der Waals surface area contributed by atoms with Gasteiger partial charge in [0.15, 0.2) is 0 Å². The third-order valence-electron chi connectivity index (χ3n) is 4.58. The second-order valence-corrected chi connectivity index (χ2v) is 7.11. The van der Waals surface area contributed by atoms with Crippen molar-refractivity contribution in [1.82, 2.24) is 20.1 Å². The first kappa shape index (κ1) is 23.4. The number of nitrogens with one attached hydrogen (secondary N) is 1. The second kappa shape index (κ2) is 10.8. The van der Waals surface area contributed by atoms with E-state index in [9.17, 15) is 4.79 Å². The molecule has 0 aliphatic rings. The Labute approximate surface area is 190 Å². The Kier molecular flexibility index (Phi) is 7.66. The van der Waals surface area contributed by atoms with Crippen molar-refractivity contribution >= 4 is 23.4 Å². The number of anilines is 3. The van der Waals surface area contributed by atoms with Gasteiger partial charge in [0.05, 0.1) is 5.56 Å². The van der Waals surface area contributed by atoms with Gasteiger partial charge in [0.2, 0.25) is 23.6 Å². The van der Waals surface area contributed by atoms with Crippen LogP contribution < -0.4 is 16.8 Å². The molecule has 0 atom stereocenters. The minimum Gasteiger partial charge on any atom is -0.396 e. The maximum atomic E-state index is 11.3. The van der Waals surface area contributed by atoms with Crippen molar-refractivity contribution in [3.63, 3.8) is 0 Å². The van der Waals surface area contributed by atoms with Gasteiger partial charge in [0.25, 0.3) is 0 Å². The summed E-state index contributed by atoms with van der Waals surface area (Å²) in [5.74, 6) is 0.815. The van der Waals surface area contributed by atoms with Gasteiger partial charge in [-0.05, 0) is 42.7 Å². The van der Waals surface area contributed by atoms with E-state index in [1.165, 1.54) is 11.8 Å². The van der Waals surface area contributed by atoms with Crippen LogP contribution in [0.5, 0.6) is 0 Å². The summed E-state index contributed by atoms with van der Waals surface area (Å²) in [6.07, 6.45) is 2.28. The average Bonchev–Trinajstić information content (AvgIpc) is 3.21. The monoisotopic (exact) mass is 447 g/mol. The van der Waals surface area contributed by atoms with Crippen molar-refractivity contribution in [2.24, 2.45) is 5.73 Å². The summed E-state index contributed by atoms with van der Waals surface area (Å²) in [5, 5.41) is 15.3. The van der Waals surface area contributed by atoms with Crippen LogP contribution in [0.15, 0.2) is 59.3 Å². The molecule has 0 unspecified atom stereocenters. The SMILES string of the molecule is Cc1nc(-c2cnc(Nc3ccc(C(N)=O)c(C)c3)nc2N)no1.OCCc1ccccc1. The quantitative estimate of drug-likeness (QED) is 0.347. The molecule has 10 nitrogen and oxygen atoms in total. The molecule has 4 rings (SSSR count). The molecule has 10 heteroatoms. The van der Waals surface area contributed by atoms with Gasteiger partial charge in [-0.25, -0.2) is 4.98 Å². The van der Waals surface area contributed by atoms with Crippen LogP contribution in [0.2, 0.25) is 0 Å². The molecule has 33 heavy (non-hydrogen) atoms. The highest BCUT2D eigenvalue weighted by Crippen LogP contribution is 2.23. The van der Waals surface area contributed by atoms with E-state index in [0.717, 1.165) is 12.0 Å². The van der Waals surface area contributed by atoms with Gasteiger partial charge in [-0.2, -0.15) is 9.97 Å². The summed E-state index contributed by atoms with van der Waals surface area (Å²) in [6, 6.07) is 15.1. The average molecular weight is 447 g/mol. The molecule has 1 amide bonds. The van der Waals surface area contributed by atoms with E-state index < -0.39 is 5.91 Å². The Morgan fingerprint density at radius 1 is 1.12 bits per heavy atom. The van der Waals surface area contributed by atoms with Gasteiger partial charge in [0, 0.05) is 31.0 Å². The Morgan fingerprint density at radius 3 is 2.45 bits per heavy atom. The van der Waals surface area contributed by atoms with Gasteiger partial charge >= 0.3 is 0 Å². The first-order chi connectivity index (χ1) is 15.9. The van der Waals surface area contributed by atoms with E-state index in [1.807, 2.05) is 30.3 Å². The lowest BCUT2D eigenvalue weighted by molar-refractivity contribution is 0.0999. The van der Waals surface area contributed by atoms with Crippen LogP contribution in [0.1, 0.15) is 27.4 Å². The number of aliphatic hydroxyl groups excluding tert-OH is 1. The van der Waals surface area contributed by atoms with E-state index in [4.69, 9.17) is 21.1 Å². The zero-order chi connectivity index (χ0) is 23.8. The molecule has 4 aromatic rings. The summed E-state index contributed by atoms with van der Waals surface area (Å²) in [4.78, 5) is 23.7. The first-order valence-electron chi connectivity index (χ1n) is 10.1. The zero-order valence-electron chi connectivity index (χ0n) is 18.3. The van der Waals surface area contributed by atoms with Crippen molar-refractivity contribution in [1.29, 1.82) is 0 Å². The summed E-state index contributed by atoms with van der Waals surface area (Å²) in [7, 11) is 0. The number of carbonyl (C=O) groups excluding carboxylic acids is 1. The van der Waals surface area contributed by atoms with Crippen LogP contribution in [0.3, 0.4) is 0 Å². The number of primary amides is 1. The van der Waals surface area contributed by atoms with E-state index in [0.29, 0.717) is 34.5 Å². The predicted octanol–water partition coefficient (Wildman–Crippen LogP) is 2.79. The molecule has 2 aromatic heterocycles. The number of nitrogen functional groups attached to an aromatic ring is 1. The molecule has 0 spiro atoms. The number of hydrogen-bond acceptors (Lipinski definition) is 9. The molecule has 0 aliphatic carbocycles. The van der Waals surface area contributed by atoms with Crippen molar-refractivity contribution < 1.29 is 14.4 Å². The number of amides is 1. The highest BCUT2D eigenvalue weighted by molar-refractivity contribution is 5.94. The Hall–Kier alpha value is -4.31. The number of aryl methyl sites for hydroxylation is 2. The van der Waals surface area contributed by atoms with Crippen molar-refractivity contribution in [2.45, 2.75) is 20.3 Å². The molecule has 0 aliphatic heterocycles. The number of aliphatic hydroxyl groups is 1. The molecule has 0 saturated heterocycles. The number of aromatic nitrogens is 4. The number of benzene rings is 2. The standard InChI is InChI=1S/C15H15N7O2.C8H10O/c1-7-5-9(3-4-10(7)13(17)23)20-15-18-6-11(12(16)21-15)14-19-8(2)24-22-14;9-7-6-8-4-2-1-3-5-8/h3-6H,1-2H3,(H2,17,23)(H3,16,18,20,21);1-5,9H,6-7H2. The fraction of sp³-hybridized carbons (Fsp3) is 0.174. The largest absolute Gasteiger partial charge is 0.396 e. The third kappa shape index (κ3) is 6.34. The van der Waals surface area contributed by atoms with Crippen LogP contribution in [0.25, 0.3) is 11.4 Å². The second-order valence-electron chi connectivity index (χ2n) is 7.11. The molecule has 2 aromatic carbocycles. The lowest BCUT2D eigenvalue weighted by atomic mass is 10.1. The van der Waals surface area contributed by atoms with Gasteiger partial charge in [-0.3, -0.25) is 4.79 Å². The minimum atomic E-state index is -0.473. The van der Waals surface area contributed by atoms with Crippen LogP contribution in [-0.2, 0) is 6.42 Å². The predicted molar refractivity (Wildman–Crippen MR) is 125 cm³/mol. The number of nitrogens with two attached hydrogens (primary N) is 2. The number of rotatable bonds is 6. The molecule has 0 bridgehead atoms. The smallest absolute Gasteiger partial charge is 0.248 e. The number of nitrogens with zero attached hydrogens (tertiary/aromatic N) is 4. The van der Waals surface area contributed by atoms with Crippen LogP contribution >= 0.6 is 0 Å². The summed E-state index contributed by atoms with van der Waals surface area (Å²) in [5.41, 5.74) is 14.8. The summed E-state index contributed by atoms with van der Waals surface area (Å²) >= 11 is 0. The molecular formula is C23H25N7O3. The summed E-state index contributed by atoms with van der Waals surface area (Å²) in [6.45, 7) is 3.72. The lowest BCUT2D eigenvalue weighted by Gasteiger charge is -2.09. The molecule has 6 N–H and O–H groups in total. The highest BCUT2D eigenvalue weighted by Gasteiger charge is 2.13. The zero-order valence-corrected chi connectivity index (χ0v) is 18.3. The number of hydrogen-bond donors (Lipinski definition) is 4. The lowest BCUT2D eigenvalue weighted by Crippen LogP contribution is -2.12. The van der Waals surface area contributed by atoms with E-state index in [2.05, 4.69) is 25.4 Å². The Balaban J connectivity index is 0.000000286. The molecule has 0 fully saturated rings. The normalized spacial score (nSPS) is 10.3. The van der Waals surface area contributed by atoms with Crippen molar-refractivity contribution in [3.8, 4) is 11.4 Å². The molecule has 0 saturated carbocycles. The van der Waals surface area contributed by atoms with Gasteiger partial charge < -0.3 is 26.4 Å². The van der Waals surface area contributed by atoms with E-state index >= 15 is 0 Å². The fourth-order valence-electron chi connectivity index (χ4n) is 2.96. The Bertz CT molecular complexity index is 1230. The van der Waals surface area contributed by atoms with Gasteiger partial charge in [-0.15, -0.1) is 0 Å². The molecule has 2 heterocycles. The summed E-state index contributed by atoms with van der Waals surface area (Å²) < 4.78 is 4.92. The van der Waals surface area contributed by atoms with Crippen LogP contribution in [0, 0.1) is 13.8 Å². The number of carbonyl (C=O) groups is 1. The third-order valence-corrected chi connectivity index (χ3v) is 4.58. The first-order valence-corrected chi connectivity index (χ1v) is 10.1. The van der Waals surface area contributed by atoms with E-state index in [1.54, 1.807) is 32.0 Å². The van der Waals surface area contributed by atoms with Crippen molar-refractivity contribution in [3.05, 3.63) is 77.3 Å². The van der Waals surface area contributed by atoms with Crippen molar-refractivity contribution in [2.75, 3.05) is 17.7 Å². The molecule has 170 valence electrons. The topological polar surface area (TPSA) is 166 Å². The Morgan fingerprint density at radius 2 is 1.88 bits per heavy atom. The molecular weight excluding hydrogens is 422 g/mol.